The van der Waals surface area contributed by atoms with Crippen molar-refractivity contribution in [2.75, 3.05) is 20.3 Å². The molecule has 2 fully saturated rings. The molecule has 11 atom stereocenters. The first-order valence-electron chi connectivity index (χ1n) is 15.1. The number of fused-ring (bicyclic) bond motifs is 1. The van der Waals surface area contributed by atoms with Crippen molar-refractivity contribution < 1.29 is 93.8 Å². The lowest BCUT2D eigenvalue weighted by atomic mass is 9.98. The second-order valence-corrected chi connectivity index (χ2v) is 11.6. The summed E-state index contributed by atoms with van der Waals surface area (Å²) in [6.45, 7) is -1.46. The number of phenols is 2. The van der Waals surface area contributed by atoms with Crippen molar-refractivity contribution in [2.24, 2.45) is 0 Å². The van der Waals surface area contributed by atoms with E-state index in [4.69, 9.17) is 33.5 Å². The van der Waals surface area contributed by atoms with Crippen molar-refractivity contribution in [3.8, 4) is 28.7 Å². The van der Waals surface area contributed by atoms with E-state index in [1.165, 1.54) is 37.5 Å². The molecule has 3 heterocycles. The zero-order valence-corrected chi connectivity index (χ0v) is 26.1. The SMILES string of the molecule is COc1cc(C2[OH+]c3cc(O)cc(OC4OC(CO)C(O)C(O)C4O)c3C=C2OC2OC(COC(=O)CC(=O)O)C(O)C(O)C2O)ccc1O. The Labute approximate surface area is 282 Å². The van der Waals surface area contributed by atoms with E-state index in [-0.39, 0.29) is 40.1 Å². The second-order valence-electron chi connectivity index (χ2n) is 11.6. The number of benzene rings is 2. The van der Waals surface area contributed by atoms with Gasteiger partial charge in [0.1, 0.15) is 78.9 Å². The molecule has 0 radical (unpaired) electrons. The van der Waals surface area contributed by atoms with Crippen LogP contribution in [0.3, 0.4) is 0 Å². The summed E-state index contributed by atoms with van der Waals surface area (Å²) in [5, 5.41) is 102. The molecule has 0 aliphatic carbocycles. The number of aliphatic hydroxyl groups is 8. The average Bonchev–Trinajstić information content (AvgIpc) is 3.08. The molecule has 2 saturated heterocycles. The van der Waals surface area contributed by atoms with Crippen molar-refractivity contribution in [1.29, 1.82) is 0 Å². The number of methoxy groups -OCH3 is 1. The van der Waals surface area contributed by atoms with Crippen LogP contribution in [0.1, 0.15) is 23.7 Å². The maximum Gasteiger partial charge on any atom is 0.317 e. The van der Waals surface area contributed by atoms with E-state index in [9.17, 15) is 55.5 Å². The van der Waals surface area contributed by atoms with Gasteiger partial charge in [0.05, 0.1) is 25.3 Å². The van der Waals surface area contributed by atoms with Gasteiger partial charge in [-0.2, -0.15) is 0 Å². The Bertz CT molecular complexity index is 1580. The first-order chi connectivity index (χ1) is 23.7. The van der Waals surface area contributed by atoms with Gasteiger partial charge in [-0.1, -0.05) is 0 Å². The summed E-state index contributed by atoms with van der Waals surface area (Å²) in [4.78, 5) is 22.6. The topological polar surface area (TPSA) is 305 Å². The summed E-state index contributed by atoms with van der Waals surface area (Å²) in [7, 11) is 1.31. The zero-order chi connectivity index (χ0) is 36.4. The maximum atomic E-state index is 11.8. The van der Waals surface area contributed by atoms with Crippen molar-refractivity contribution in [1.82, 2.24) is 0 Å². The zero-order valence-electron chi connectivity index (χ0n) is 26.1. The van der Waals surface area contributed by atoms with Crippen LogP contribution in [-0.4, -0.2) is 149 Å². The minimum Gasteiger partial charge on any atom is -0.571 e. The van der Waals surface area contributed by atoms with Gasteiger partial charge in [-0.15, -0.1) is 0 Å². The molecule has 0 bridgehead atoms. The Kier molecular flexibility index (Phi) is 11.2. The third-order valence-electron chi connectivity index (χ3n) is 8.17. The Balaban J connectivity index is 1.51. The van der Waals surface area contributed by atoms with E-state index in [2.05, 4.69) is 4.74 Å². The highest BCUT2D eigenvalue weighted by molar-refractivity contribution is 5.90. The number of hydrogen-bond donors (Lipinski definition) is 10. The Hall–Kier alpha value is -4.44. The van der Waals surface area contributed by atoms with Gasteiger partial charge in [0, 0.05) is 12.1 Å². The monoisotopic (exact) mass is 713 g/mol. The Morgan fingerprint density at radius 1 is 0.820 bits per heavy atom. The van der Waals surface area contributed by atoms with Crippen molar-refractivity contribution >= 4 is 18.0 Å². The first kappa shape index (κ1) is 36.8. The lowest BCUT2D eigenvalue weighted by Gasteiger charge is -2.41. The standard InChI is InChI=1S/C31H36O19/c1-44-17-4-11(2-3-14(17)34)29-18(48-31-28(43)26(41)24(39)20(50-31)10-45-22(37)8-21(35)36)7-13-15(46-29)5-12(33)6-16(13)47-30-27(42)25(40)23(38)19(9-32)49-30/h2-7,19-20,23-34,38-43H,8-10H2,1H3,(H,35,36)/p+1. The fourth-order valence-electron chi connectivity index (χ4n) is 5.50. The Morgan fingerprint density at radius 2 is 1.46 bits per heavy atom. The van der Waals surface area contributed by atoms with Crippen LogP contribution in [0.2, 0.25) is 0 Å². The summed E-state index contributed by atoms with van der Waals surface area (Å²) in [5.74, 6) is -3.40. The van der Waals surface area contributed by atoms with Crippen LogP contribution in [0.4, 0.5) is 0 Å². The fourth-order valence-corrected chi connectivity index (χ4v) is 5.50. The number of carbonyl (C=O) groups excluding carboxylic acids is 1. The van der Waals surface area contributed by atoms with Crippen LogP contribution in [0, 0.1) is 0 Å². The van der Waals surface area contributed by atoms with E-state index < -0.39 is 99.1 Å². The molecule has 5 rings (SSSR count). The summed E-state index contributed by atoms with van der Waals surface area (Å²) >= 11 is 0. The Morgan fingerprint density at radius 3 is 2.10 bits per heavy atom. The van der Waals surface area contributed by atoms with Crippen molar-refractivity contribution in [2.45, 2.75) is 73.9 Å². The molecule has 19 nitrogen and oxygen atoms in total. The summed E-state index contributed by atoms with van der Waals surface area (Å²) < 4.78 is 37.7. The van der Waals surface area contributed by atoms with Crippen LogP contribution in [0.15, 0.2) is 36.1 Å². The highest BCUT2D eigenvalue weighted by Gasteiger charge is 2.48. The summed E-state index contributed by atoms with van der Waals surface area (Å²) in [6, 6.07) is 6.55. The van der Waals surface area contributed by atoms with Gasteiger partial charge in [0.2, 0.25) is 12.6 Å². The van der Waals surface area contributed by atoms with E-state index in [0.717, 1.165) is 6.07 Å². The number of carboxylic acids is 1. The molecule has 0 saturated carbocycles. The molecule has 0 spiro atoms. The number of rotatable bonds is 11. The number of carboxylic acid groups (broad SMARTS) is 1. The highest BCUT2D eigenvalue weighted by Crippen LogP contribution is 2.47. The smallest absolute Gasteiger partial charge is 0.317 e. The minimum absolute atomic E-state index is 0.0427. The number of aliphatic hydroxyl groups excluding tert-OH is 7. The van der Waals surface area contributed by atoms with Crippen molar-refractivity contribution in [3.05, 3.63) is 47.2 Å². The van der Waals surface area contributed by atoms with E-state index in [0.29, 0.717) is 5.56 Å². The van der Waals surface area contributed by atoms with Gasteiger partial charge >= 0.3 is 11.9 Å². The molecule has 274 valence electrons. The molecule has 50 heavy (non-hydrogen) atoms. The molecular formula is C31H37O19+. The summed E-state index contributed by atoms with van der Waals surface area (Å²) in [6.07, 6.45) is -17.9. The molecular weight excluding hydrogens is 676 g/mol. The predicted molar refractivity (Wildman–Crippen MR) is 161 cm³/mol. The number of esters is 1. The van der Waals surface area contributed by atoms with Gasteiger partial charge < -0.3 is 84.2 Å². The van der Waals surface area contributed by atoms with Gasteiger partial charge in [-0.3, -0.25) is 9.59 Å². The van der Waals surface area contributed by atoms with Gasteiger partial charge in [0.15, 0.2) is 17.3 Å². The quantitative estimate of drug-likeness (QED) is 0.0652. The molecule has 2 aromatic carbocycles. The summed E-state index contributed by atoms with van der Waals surface area (Å²) in [5.41, 5.74) is 0.420. The predicted octanol–water partition coefficient (Wildman–Crippen LogP) is -2.54. The van der Waals surface area contributed by atoms with E-state index >= 15 is 0 Å². The molecule has 11 unspecified atom stereocenters. The van der Waals surface area contributed by atoms with Crippen LogP contribution < -0.4 is 9.47 Å². The number of carbonyl (C=O) groups is 2. The third kappa shape index (κ3) is 7.65. The number of hydrogen-bond acceptors (Lipinski definition) is 17. The van der Waals surface area contributed by atoms with Crippen LogP contribution >= 0.6 is 0 Å². The number of ether oxygens (including phenoxy) is 7. The molecule has 0 aromatic heterocycles. The third-order valence-corrected chi connectivity index (χ3v) is 8.17. The number of aliphatic carboxylic acids is 1. The maximum absolute atomic E-state index is 11.8. The molecule has 11 N–H and O–H groups in total. The molecule has 0 amide bonds. The van der Waals surface area contributed by atoms with Crippen LogP contribution in [0.25, 0.3) is 6.08 Å². The first-order valence-corrected chi connectivity index (χ1v) is 15.1. The van der Waals surface area contributed by atoms with Gasteiger partial charge in [0.25, 0.3) is 11.9 Å². The fraction of sp³-hybridized carbons (Fsp3) is 0.484. The molecule has 19 heteroatoms. The van der Waals surface area contributed by atoms with E-state index in [1.807, 2.05) is 0 Å². The number of phenolic OH excluding ortho intramolecular Hbond substituents is 2. The van der Waals surface area contributed by atoms with Crippen LogP contribution in [-0.2, 0) is 28.5 Å². The second kappa shape index (κ2) is 15.2. The minimum atomic E-state index is -1.90. The van der Waals surface area contributed by atoms with E-state index in [1.54, 1.807) is 0 Å². The normalized spacial score (nSPS) is 32.2. The van der Waals surface area contributed by atoms with Gasteiger partial charge in [-0.05, 0) is 18.2 Å². The lowest BCUT2D eigenvalue weighted by molar-refractivity contribution is -0.296. The highest BCUT2D eigenvalue weighted by atomic mass is 16.7. The lowest BCUT2D eigenvalue weighted by Crippen LogP contribution is -2.60. The molecule has 2 aromatic rings. The van der Waals surface area contributed by atoms with Crippen molar-refractivity contribution in [3.63, 3.8) is 0 Å². The number of aromatic hydroxyl groups is 3. The largest absolute Gasteiger partial charge is 0.571 e. The van der Waals surface area contributed by atoms with Crippen LogP contribution in [0.5, 0.6) is 28.7 Å². The van der Waals surface area contributed by atoms with Gasteiger partial charge in [-0.25, -0.2) is 0 Å². The molecule has 3 aliphatic heterocycles. The average molecular weight is 714 g/mol. The molecule has 3 aliphatic rings.